The van der Waals surface area contributed by atoms with Crippen LogP contribution in [-0.4, -0.2) is 136 Å². The lowest BCUT2D eigenvalue weighted by atomic mass is 9.95. The zero-order valence-electron chi connectivity index (χ0n) is 24.9. The minimum absolute atomic E-state index is 0.191. The van der Waals surface area contributed by atoms with Gasteiger partial charge in [0.2, 0.25) is 5.91 Å². The zero-order chi connectivity index (χ0) is 33.5. The van der Waals surface area contributed by atoms with Crippen LogP contribution in [0.3, 0.4) is 0 Å². The third-order valence-corrected chi connectivity index (χ3v) is 7.62. The summed E-state index contributed by atoms with van der Waals surface area (Å²) in [4.78, 5) is 29.1. The normalized spacial score (nSPS) is 31.5. The number of rotatable bonds is 12. The standard InChI is InChI=1S/C30H38N2O14/c1-42-25-19(44-30(24(39)21(25)36)45-26-22(37)23(38)29(43-2)46-27(26)28(40)41)12-20(35)32-16-6-3-15(4-7-16)13-31-10-9-14-5-8-17(33)18(34)11-14/h3-8,11,13,19,21-27,29-30,33-34,36-39H,9-10,12H2,1-2H3,(H,32,35)(H,40,41)/t19-,21?,22?,23?,24?,25?,26?,27?,29?,30?/m0/s1. The average molecular weight is 651 g/mol. The van der Waals surface area contributed by atoms with Crippen molar-refractivity contribution in [2.45, 2.75) is 74.3 Å². The Morgan fingerprint density at radius 1 is 0.870 bits per heavy atom. The number of aliphatic hydroxyl groups excluding tert-OH is 4. The van der Waals surface area contributed by atoms with E-state index in [0.29, 0.717) is 18.7 Å². The van der Waals surface area contributed by atoms with E-state index in [1.54, 1.807) is 36.5 Å². The number of aromatic hydroxyl groups is 2. The average Bonchev–Trinajstić information content (AvgIpc) is 3.02. The highest BCUT2D eigenvalue weighted by molar-refractivity contribution is 5.91. The van der Waals surface area contributed by atoms with Crippen molar-refractivity contribution < 1.29 is 69.0 Å². The van der Waals surface area contributed by atoms with Crippen molar-refractivity contribution in [3.8, 4) is 11.5 Å². The summed E-state index contributed by atoms with van der Waals surface area (Å²) in [6.45, 7) is 0.438. The summed E-state index contributed by atoms with van der Waals surface area (Å²) in [5.41, 5.74) is 2.01. The number of phenols is 2. The van der Waals surface area contributed by atoms with E-state index in [1.807, 2.05) is 0 Å². The molecule has 2 aromatic rings. The van der Waals surface area contributed by atoms with Gasteiger partial charge in [-0.25, -0.2) is 4.79 Å². The van der Waals surface area contributed by atoms with Crippen molar-refractivity contribution in [3.63, 3.8) is 0 Å². The lowest BCUT2D eigenvalue weighted by molar-refractivity contribution is -0.351. The molecule has 10 atom stereocenters. The van der Waals surface area contributed by atoms with E-state index >= 15 is 0 Å². The fourth-order valence-corrected chi connectivity index (χ4v) is 5.15. The van der Waals surface area contributed by atoms with Gasteiger partial charge in [0.1, 0.15) is 36.6 Å². The van der Waals surface area contributed by atoms with E-state index in [2.05, 4.69) is 10.3 Å². The molecule has 16 nitrogen and oxygen atoms in total. The van der Waals surface area contributed by atoms with Gasteiger partial charge in [-0.05, 0) is 41.8 Å². The fraction of sp³-hybridized carbons (Fsp3) is 0.500. The largest absolute Gasteiger partial charge is 0.504 e. The number of ether oxygens (including phenoxy) is 5. The van der Waals surface area contributed by atoms with Crippen LogP contribution in [0.4, 0.5) is 5.69 Å². The molecule has 2 aliphatic heterocycles. The first kappa shape index (κ1) is 35.1. The number of nitrogens with one attached hydrogen (secondary N) is 1. The molecule has 2 aromatic carbocycles. The number of aliphatic hydroxyl groups is 4. The van der Waals surface area contributed by atoms with Crippen LogP contribution in [0.5, 0.6) is 11.5 Å². The Balaban J connectivity index is 1.35. The highest BCUT2D eigenvalue weighted by Gasteiger charge is 2.53. The number of carbonyl (C=O) groups is 2. The molecule has 0 saturated carbocycles. The maximum Gasteiger partial charge on any atom is 0.335 e. The van der Waals surface area contributed by atoms with E-state index in [0.717, 1.165) is 18.2 Å². The van der Waals surface area contributed by atoms with Crippen LogP contribution in [0.15, 0.2) is 47.5 Å². The molecule has 8 N–H and O–H groups in total. The molecule has 2 heterocycles. The van der Waals surface area contributed by atoms with Crippen LogP contribution in [0, 0.1) is 0 Å². The van der Waals surface area contributed by atoms with Crippen molar-refractivity contribution >= 4 is 23.8 Å². The molecule has 16 heteroatoms. The first-order valence-corrected chi connectivity index (χ1v) is 14.3. The second kappa shape index (κ2) is 15.7. The van der Waals surface area contributed by atoms with Crippen LogP contribution < -0.4 is 5.32 Å². The Kier molecular flexibility index (Phi) is 12.0. The van der Waals surface area contributed by atoms with Crippen molar-refractivity contribution in [1.29, 1.82) is 0 Å². The molecule has 9 unspecified atom stereocenters. The fourth-order valence-electron chi connectivity index (χ4n) is 5.15. The third-order valence-electron chi connectivity index (χ3n) is 7.62. The number of hydrogen-bond donors (Lipinski definition) is 8. The van der Waals surface area contributed by atoms with Crippen LogP contribution in [0.25, 0.3) is 0 Å². The molecule has 2 aliphatic rings. The summed E-state index contributed by atoms with van der Waals surface area (Å²) >= 11 is 0. The van der Waals surface area contributed by atoms with Crippen molar-refractivity contribution in [2.24, 2.45) is 4.99 Å². The minimum atomic E-state index is -1.84. The number of carbonyl (C=O) groups excluding carboxylic acids is 1. The van der Waals surface area contributed by atoms with Gasteiger partial charge in [0.15, 0.2) is 30.2 Å². The smallest absolute Gasteiger partial charge is 0.335 e. The SMILES string of the molecule is COC1OC(C(=O)O)C(OC2O[C@@H](CC(=O)Nc3ccc(C=NCCc4ccc(O)c(O)c4)cc3)C(OC)C(O)C2O)C(O)C1O. The van der Waals surface area contributed by atoms with Gasteiger partial charge in [-0.3, -0.25) is 9.79 Å². The summed E-state index contributed by atoms with van der Waals surface area (Å²) < 4.78 is 26.6. The second-order valence-corrected chi connectivity index (χ2v) is 10.8. The number of benzene rings is 2. The molecule has 2 fully saturated rings. The van der Waals surface area contributed by atoms with Crippen molar-refractivity contribution in [2.75, 3.05) is 26.1 Å². The molecule has 0 aromatic heterocycles. The van der Waals surface area contributed by atoms with E-state index in [-0.39, 0.29) is 17.9 Å². The minimum Gasteiger partial charge on any atom is -0.504 e. The number of hydrogen-bond acceptors (Lipinski definition) is 14. The Bertz CT molecular complexity index is 1360. The van der Waals surface area contributed by atoms with Crippen molar-refractivity contribution in [1.82, 2.24) is 0 Å². The maximum absolute atomic E-state index is 12.9. The molecule has 2 saturated heterocycles. The van der Waals surface area contributed by atoms with Crippen LogP contribution in [0.1, 0.15) is 17.5 Å². The van der Waals surface area contributed by atoms with E-state index < -0.39 is 73.3 Å². The summed E-state index contributed by atoms with van der Waals surface area (Å²) in [6, 6.07) is 11.3. The highest BCUT2D eigenvalue weighted by atomic mass is 16.7. The summed E-state index contributed by atoms with van der Waals surface area (Å²) in [5.74, 6) is -2.49. The predicted octanol–water partition coefficient (Wildman–Crippen LogP) is -0.887. The molecule has 252 valence electrons. The summed E-state index contributed by atoms with van der Waals surface area (Å²) in [7, 11) is 2.39. The molecule has 0 spiro atoms. The number of aliphatic imine (C=N–C) groups is 1. The van der Waals surface area contributed by atoms with Gasteiger partial charge in [-0.15, -0.1) is 0 Å². The lowest BCUT2D eigenvalue weighted by Crippen LogP contribution is -2.65. The van der Waals surface area contributed by atoms with Gasteiger partial charge in [0.25, 0.3) is 0 Å². The number of aliphatic carboxylic acids is 1. The number of anilines is 1. The summed E-state index contributed by atoms with van der Waals surface area (Å²) in [5, 5.41) is 73.4. The molecule has 0 bridgehead atoms. The number of carboxylic acid groups (broad SMARTS) is 1. The van der Waals surface area contributed by atoms with E-state index in [9.17, 15) is 45.3 Å². The molecule has 1 amide bonds. The number of methoxy groups -OCH3 is 2. The Labute approximate surface area is 263 Å². The molecule has 4 rings (SSSR count). The number of amides is 1. The molecular weight excluding hydrogens is 612 g/mol. The number of phenolic OH excluding ortho intramolecular Hbond substituents is 2. The summed E-state index contributed by atoms with van der Waals surface area (Å²) in [6.07, 6.45) is -14.3. The molecule has 0 aliphatic carbocycles. The predicted molar refractivity (Wildman–Crippen MR) is 157 cm³/mol. The first-order valence-electron chi connectivity index (χ1n) is 14.3. The Hall–Kier alpha value is -3.71. The molecular formula is C30H38N2O14. The van der Waals surface area contributed by atoms with Crippen LogP contribution in [0.2, 0.25) is 0 Å². The van der Waals surface area contributed by atoms with Gasteiger partial charge < -0.3 is 64.7 Å². The quantitative estimate of drug-likeness (QED) is 0.103. The van der Waals surface area contributed by atoms with Crippen LogP contribution in [-0.2, 0) is 39.7 Å². The first-order chi connectivity index (χ1) is 21.9. The Morgan fingerprint density at radius 2 is 1.54 bits per heavy atom. The van der Waals surface area contributed by atoms with Gasteiger partial charge in [-0.2, -0.15) is 0 Å². The van der Waals surface area contributed by atoms with Gasteiger partial charge in [0.05, 0.1) is 12.5 Å². The van der Waals surface area contributed by atoms with Gasteiger partial charge >= 0.3 is 5.97 Å². The third kappa shape index (κ3) is 8.35. The van der Waals surface area contributed by atoms with Gasteiger partial charge in [0, 0.05) is 32.7 Å². The molecule has 0 radical (unpaired) electrons. The van der Waals surface area contributed by atoms with E-state index in [1.165, 1.54) is 19.2 Å². The maximum atomic E-state index is 12.9. The highest BCUT2D eigenvalue weighted by Crippen LogP contribution is 2.31. The number of nitrogens with zero attached hydrogens (tertiary/aromatic N) is 1. The van der Waals surface area contributed by atoms with Gasteiger partial charge in [-0.1, -0.05) is 18.2 Å². The lowest BCUT2D eigenvalue weighted by Gasteiger charge is -2.45. The van der Waals surface area contributed by atoms with Crippen LogP contribution >= 0.6 is 0 Å². The second-order valence-electron chi connectivity index (χ2n) is 10.8. The van der Waals surface area contributed by atoms with E-state index in [4.69, 9.17) is 23.7 Å². The molecule has 46 heavy (non-hydrogen) atoms. The number of carboxylic acids is 1. The Morgan fingerprint density at radius 3 is 2.17 bits per heavy atom. The topological polar surface area (TPSA) is 246 Å². The zero-order valence-corrected chi connectivity index (χ0v) is 24.9. The van der Waals surface area contributed by atoms with Crippen molar-refractivity contribution in [3.05, 3.63) is 53.6 Å². The monoisotopic (exact) mass is 650 g/mol.